The van der Waals surface area contributed by atoms with Crippen molar-refractivity contribution in [3.8, 4) is 44.5 Å². The van der Waals surface area contributed by atoms with Gasteiger partial charge in [-0.15, -0.1) is 0 Å². The highest BCUT2D eigenvalue weighted by atomic mass is 14.4. The molecule has 0 aromatic heterocycles. The van der Waals surface area contributed by atoms with E-state index < -0.39 is 0 Å². The molecule has 0 unspecified atom stereocenters. The Morgan fingerprint density at radius 1 is 0.333 bits per heavy atom. The van der Waals surface area contributed by atoms with E-state index in [9.17, 15) is 0 Å². The first kappa shape index (κ1) is 26.0. The average Bonchev–Trinajstić information content (AvgIpc) is 3.32. The Balaban J connectivity index is 1.24. The third-order valence-electron chi connectivity index (χ3n) is 10.0. The lowest BCUT2D eigenvalue weighted by atomic mass is 9.81. The van der Waals surface area contributed by atoms with Crippen LogP contribution in [0.4, 0.5) is 0 Å². The maximum atomic E-state index is 2.41. The monoisotopic (exact) mass is 572 g/mol. The second kappa shape index (κ2) is 9.78. The summed E-state index contributed by atoms with van der Waals surface area (Å²) in [5, 5.41) is 7.74. The molecule has 0 saturated carbocycles. The van der Waals surface area contributed by atoms with Crippen LogP contribution >= 0.6 is 0 Å². The minimum absolute atomic E-state index is 0.0526. The van der Waals surface area contributed by atoms with Crippen molar-refractivity contribution in [3.05, 3.63) is 169 Å². The van der Waals surface area contributed by atoms with Gasteiger partial charge in [0.05, 0.1) is 0 Å². The number of hydrogen-bond donors (Lipinski definition) is 0. The first-order chi connectivity index (χ1) is 22.1. The van der Waals surface area contributed by atoms with Crippen LogP contribution < -0.4 is 0 Å². The fourth-order valence-electron chi connectivity index (χ4n) is 7.88. The highest BCUT2D eigenvalue weighted by Gasteiger charge is 2.37. The summed E-state index contributed by atoms with van der Waals surface area (Å²) in [6.07, 6.45) is 0. The van der Waals surface area contributed by atoms with Gasteiger partial charge in [0.2, 0.25) is 0 Å². The molecule has 0 heterocycles. The van der Waals surface area contributed by atoms with Crippen molar-refractivity contribution in [1.29, 1.82) is 0 Å². The molecule has 9 rings (SSSR count). The normalized spacial score (nSPS) is 13.3. The van der Waals surface area contributed by atoms with E-state index in [2.05, 4.69) is 172 Å². The minimum atomic E-state index is -0.0526. The summed E-state index contributed by atoms with van der Waals surface area (Å²) >= 11 is 0. The van der Waals surface area contributed by atoms with Crippen LogP contribution in [0.1, 0.15) is 25.0 Å². The van der Waals surface area contributed by atoms with Gasteiger partial charge in [-0.2, -0.15) is 0 Å². The molecular formula is C45H32. The highest BCUT2D eigenvalue weighted by Crippen LogP contribution is 2.53. The average molecular weight is 573 g/mol. The van der Waals surface area contributed by atoms with Crippen molar-refractivity contribution in [2.24, 2.45) is 0 Å². The second-order valence-corrected chi connectivity index (χ2v) is 12.9. The smallest absolute Gasteiger partial charge is 0.0159 e. The number of hydrogen-bond acceptors (Lipinski definition) is 0. The molecule has 1 aliphatic rings. The number of rotatable bonds is 3. The molecule has 0 nitrogen and oxygen atoms in total. The van der Waals surface area contributed by atoms with Crippen LogP contribution in [0.3, 0.4) is 0 Å². The van der Waals surface area contributed by atoms with Crippen molar-refractivity contribution in [2.45, 2.75) is 19.3 Å². The van der Waals surface area contributed by atoms with Crippen LogP contribution in [0.15, 0.2) is 158 Å². The fraction of sp³-hybridized carbons (Fsp3) is 0.0667. The molecule has 0 atom stereocenters. The van der Waals surface area contributed by atoms with E-state index in [1.165, 1.54) is 88.0 Å². The third kappa shape index (κ3) is 3.85. The Morgan fingerprint density at radius 3 is 1.42 bits per heavy atom. The Kier molecular flexibility index (Phi) is 5.64. The molecular weight excluding hydrogens is 540 g/mol. The summed E-state index contributed by atoms with van der Waals surface area (Å²) in [5.74, 6) is 0. The van der Waals surface area contributed by atoms with Gasteiger partial charge >= 0.3 is 0 Å². The fourth-order valence-corrected chi connectivity index (χ4v) is 7.88. The predicted molar refractivity (Wildman–Crippen MR) is 193 cm³/mol. The lowest BCUT2D eigenvalue weighted by molar-refractivity contribution is 0.661. The van der Waals surface area contributed by atoms with Gasteiger partial charge in [-0.1, -0.05) is 159 Å². The van der Waals surface area contributed by atoms with E-state index >= 15 is 0 Å². The molecule has 212 valence electrons. The van der Waals surface area contributed by atoms with E-state index in [1.54, 1.807) is 0 Å². The van der Waals surface area contributed by atoms with Gasteiger partial charge in [0, 0.05) is 5.41 Å². The van der Waals surface area contributed by atoms with Crippen molar-refractivity contribution in [1.82, 2.24) is 0 Å². The first-order valence-electron chi connectivity index (χ1n) is 15.9. The van der Waals surface area contributed by atoms with Gasteiger partial charge in [0.1, 0.15) is 0 Å². The summed E-state index contributed by atoms with van der Waals surface area (Å²) in [6, 6.07) is 58.3. The number of benzene rings is 8. The second-order valence-electron chi connectivity index (χ2n) is 12.9. The van der Waals surface area contributed by atoms with Crippen LogP contribution in [0.5, 0.6) is 0 Å². The third-order valence-corrected chi connectivity index (χ3v) is 10.0. The summed E-state index contributed by atoms with van der Waals surface area (Å²) < 4.78 is 0. The first-order valence-corrected chi connectivity index (χ1v) is 15.9. The van der Waals surface area contributed by atoms with Crippen molar-refractivity contribution in [2.75, 3.05) is 0 Å². The molecule has 0 N–H and O–H groups in total. The highest BCUT2D eigenvalue weighted by molar-refractivity contribution is 6.21. The van der Waals surface area contributed by atoms with Crippen molar-refractivity contribution < 1.29 is 0 Å². The van der Waals surface area contributed by atoms with Gasteiger partial charge in [0.15, 0.2) is 0 Å². The molecule has 0 fully saturated rings. The zero-order chi connectivity index (χ0) is 30.1. The Bertz CT molecular complexity index is 2370. The SMILES string of the molecule is CC1(C)c2cc3ccccc3cc2-c2c(-c3ccc(-c4c5ccccc5c(-c5ccccc5)c5ccccc45)cc3)cccc21. The van der Waals surface area contributed by atoms with Crippen LogP contribution in [0.2, 0.25) is 0 Å². The standard InChI is InChI=1S/C45H32/c1-45(2)40-22-12-21-34(44(40)39-27-32-15-6-7-16-33(32)28-41(39)45)29-23-25-31(26-24-29)43-37-19-10-8-17-35(37)42(30-13-4-3-5-14-30)36-18-9-11-20-38(36)43/h3-28H,1-2H3. The summed E-state index contributed by atoms with van der Waals surface area (Å²) in [6.45, 7) is 4.74. The number of fused-ring (bicyclic) bond motifs is 6. The Labute approximate surface area is 264 Å². The van der Waals surface area contributed by atoms with Crippen LogP contribution in [0.25, 0.3) is 76.8 Å². The van der Waals surface area contributed by atoms with Crippen LogP contribution in [0, 0.1) is 0 Å². The van der Waals surface area contributed by atoms with Crippen LogP contribution in [-0.4, -0.2) is 0 Å². The molecule has 0 saturated heterocycles. The zero-order valence-corrected chi connectivity index (χ0v) is 25.5. The molecule has 0 spiro atoms. The van der Waals surface area contributed by atoms with Gasteiger partial charge in [-0.3, -0.25) is 0 Å². The molecule has 8 aromatic carbocycles. The molecule has 0 aliphatic heterocycles. The van der Waals surface area contributed by atoms with Gasteiger partial charge in [-0.05, 0) is 100 Å². The molecule has 45 heavy (non-hydrogen) atoms. The largest absolute Gasteiger partial charge is 0.0622 e. The molecule has 0 amide bonds. The molecule has 1 aliphatic carbocycles. The topological polar surface area (TPSA) is 0 Å². The van der Waals surface area contributed by atoms with Gasteiger partial charge < -0.3 is 0 Å². The lowest BCUT2D eigenvalue weighted by Crippen LogP contribution is -2.14. The molecule has 8 aromatic rings. The zero-order valence-electron chi connectivity index (χ0n) is 25.5. The minimum Gasteiger partial charge on any atom is -0.0622 e. The van der Waals surface area contributed by atoms with Crippen LogP contribution in [-0.2, 0) is 5.41 Å². The maximum Gasteiger partial charge on any atom is 0.0159 e. The molecule has 0 heteroatoms. The van der Waals surface area contributed by atoms with Gasteiger partial charge in [0.25, 0.3) is 0 Å². The molecule has 0 radical (unpaired) electrons. The van der Waals surface area contributed by atoms with E-state index in [0.717, 1.165) is 0 Å². The Morgan fingerprint density at radius 2 is 0.822 bits per heavy atom. The quantitative estimate of drug-likeness (QED) is 0.185. The van der Waals surface area contributed by atoms with E-state index in [-0.39, 0.29) is 5.41 Å². The summed E-state index contributed by atoms with van der Waals surface area (Å²) in [7, 11) is 0. The predicted octanol–water partition coefficient (Wildman–Crippen LogP) is 12.5. The summed E-state index contributed by atoms with van der Waals surface area (Å²) in [5.41, 5.74) is 13.1. The lowest BCUT2D eigenvalue weighted by Gasteiger charge is -2.22. The van der Waals surface area contributed by atoms with E-state index in [4.69, 9.17) is 0 Å². The maximum absolute atomic E-state index is 2.41. The van der Waals surface area contributed by atoms with Gasteiger partial charge in [-0.25, -0.2) is 0 Å². The van der Waals surface area contributed by atoms with E-state index in [0.29, 0.717) is 0 Å². The molecule has 0 bridgehead atoms. The van der Waals surface area contributed by atoms with Crippen molar-refractivity contribution in [3.63, 3.8) is 0 Å². The van der Waals surface area contributed by atoms with E-state index in [1.807, 2.05) is 0 Å². The summed E-state index contributed by atoms with van der Waals surface area (Å²) in [4.78, 5) is 0. The van der Waals surface area contributed by atoms with Crippen molar-refractivity contribution >= 4 is 32.3 Å². The Hall–Kier alpha value is -5.46.